The molecule has 2 saturated heterocycles. The van der Waals surface area contributed by atoms with Gasteiger partial charge in [-0.25, -0.2) is 0 Å². The van der Waals surface area contributed by atoms with E-state index >= 15 is 0 Å². The molecule has 2 aliphatic rings. The van der Waals surface area contributed by atoms with Gasteiger partial charge in [0.15, 0.2) is 5.75 Å². The molecule has 0 radical (unpaired) electrons. The average Bonchev–Trinajstić information content (AvgIpc) is 2.93. The van der Waals surface area contributed by atoms with Crippen molar-refractivity contribution in [3.63, 3.8) is 0 Å². The van der Waals surface area contributed by atoms with Crippen molar-refractivity contribution in [2.24, 2.45) is 0 Å². The van der Waals surface area contributed by atoms with Crippen LogP contribution in [0.4, 0.5) is 22.7 Å². The van der Waals surface area contributed by atoms with Gasteiger partial charge in [0.25, 0.3) is 0 Å². The minimum Gasteiger partial charge on any atom is -0.495 e. The van der Waals surface area contributed by atoms with Crippen LogP contribution < -0.4 is 25.0 Å². The van der Waals surface area contributed by atoms with E-state index in [0.29, 0.717) is 23.5 Å². The van der Waals surface area contributed by atoms with Crippen molar-refractivity contribution in [2.45, 2.75) is 37.8 Å². The van der Waals surface area contributed by atoms with Gasteiger partial charge in [-0.05, 0) is 72.1 Å². The zero-order valence-electron chi connectivity index (χ0n) is 23.7. The number of hydrogen-bond donors (Lipinski definition) is 1. The molecule has 0 amide bonds. The lowest BCUT2D eigenvalue weighted by Crippen LogP contribution is -2.41. The Bertz CT molecular complexity index is 1050. The number of ether oxygens (including phenoxy) is 2. The quantitative estimate of drug-likeness (QED) is 0.325. The first-order valence-corrected chi connectivity index (χ1v) is 13.2. The van der Waals surface area contributed by atoms with Crippen LogP contribution >= 0.6 is 0 Å². The highest BCUT2D eigenvalue weighted by molar-refractivity contribution is 5.62. The van der Waals surface area contributed by atoms with E-state index in [-0.39, 0.29) is 5.69 Å². The minimum atomic E-state index is -0.416. The SMILES string of the molecule is COc1cc(N2CCC(N(C)C)CC2)ccc1N.COc1cc(N2CCC(N(C)C)CC2)ccc1[N+](=O)[O-]. The number of nitrogen functional groups attached to an aromatic ring is 1. The van der Waals surface area contributed by atoms with Gasteiger partial charge in [0, 0.05) is 67.8 Å². The molecule has 0 unspecified atom stereocenters. The Morgan fingerprint density at radius 3 is 1.61 bits per heavy atom. The molecule has 4 rings (SSSR count). The second-order valence-electron chi connectivity index (χ2n) is 10.4. The predicted molar refractivity (Wildman–Crippen MR) is 155 cm³/mol. The van der Waals surface area contributed by atoms with E-state index < -0.39 is 4.92 Å². The number of methoxy groups -OCH3 is 2. The van der Waals surface area contributed by atoms with Gasteiger partial charge in [0.2, 0.25) is 0 Å². The maximum absolute atomic E-state index is 10.9. The molecular formula is C28H44N6O4. The minimum absolute atomic E-state index is 0.0134. The van der Waals surface area contributed by atoms with Gasteiger partial charge in [-0.2, -0.15) is 0 Å². The molecule has 2 aliphatic heterocycles. The predicted octanol–water partition coefficient (Wildman–Crippen LogP) is 3.94. The Labute approximate surface area is 227 Å². The third kappa shape index (κ3) is 7.41. The topological polar surface area (TPSA) is 101 Å². The smallest absolute Gasteiger partial charge is 0.311 e. The number of piperidine rings is 2. The highest BCUT2D eigenvalue weighted by atomic mass is 16.6. The molecule has 0 saturated carbocycles. The fraction of sp³-hybridized carbons (Fsp3) is 0.571. The maximum Gasteiger partial charge on any atom is 0.311 e. The highest BCUT2D eigenvalue weighted by Gasteiger charge is 2.23. The lowest BCUT2D eigenvalue weighted by Gasteiger charge is -2.36. The van der Waals surface area contributed by atoms with Crippen LogP contribution in [0, 0.1) is 10.1 Å². The molecule has 0 aliphatic carbocycles. The summed E-state index contributed by atoms with van der Waals surface area (Å²) in [5.41, 5.74) is 8.75. The number of hydrogen-bond acceptors (Lipinski definition) is 9. The first-order chi connectivity index (χ1) is 18.1. The molecule has 2 fully saturated rings. The first kappa shape index (κ1) is 29.3. The van der Waals surface area contributed by atoms with Gasteiger partial charge in [-0.15, -0.1) is 0 Å². The molecular weight excluding hydrogens is 484 g/mol. The summed E-state index contributed by atoms with van der Waals surface area (Å²) in [6.07, 6.45) is 4.62. The maximum atomic E-state index is 10.9. The molecule has 10 heteroatoms. The molecule has 0 spiro atoms. The van der Waals surface area contributed by atoms with Crippen molar-refractivity contribution < 1.29 is 14.4 Å². The van der Waals surface area contributed by atoms with E-state index in [9.17, 15) is 10.1 Å². The van der Waals surface area contributed by atoms with Gasteiger partial charge >= 0.3 is 5.69 Å². The molecule has 38 heavy (non-hydrogen) atoms. The van der Waals surface area contributed by atoms with Crippen molar-refractivity contribution >= 4 is 22.7 Å². The first-order valence-electron chi connectivity index (χ1n) is 13.2. The third-order valence-corrected chi connectivity index (χ3v) is 7.70. The summed E-state index contributed by atoms with van der Waals surface area (Å²) in [5.74, 6) is 1.09. The normalized spacial score (nSPS) is 16.8. The van der Waals surface area contributed by atoms with Gasteiger partial charge < -0.3 is 34.8 Å². The number of nitro benzene ring substituents is 1. The van der Waals surface area contributed by atoms with Crippen molar-refractivity contribution in [1.82, 2.24) is 9.80 Å². The lowest BCUT2D eigenvalue weighted by molar-refractivity contribution is -0.385. The largest absolute Gasteiger partial charge is 0.495 e. The number of nitrogens with zero attached hydrogens (tertiary/aromatic N) is 5. The molecule has 2 heterocycles. The Balaban J connectivity index is 0.000000212. The summed E-state index contributed by atoms with van der Waals surface area (Å²) in [6.45, 7) is 4.11. The summed E-state index contributed by atoms with van der Waals surface area (Å²) in [4.78, 5) is 19.7. The zero-order valence-corrected chi connectivity index (χ0v) is 23.7. The van der Waals surface area contributed by atoms with E-state index in [1.54, 1.807) is 19.2 Å². The fourth-order valence-electron chi connectivity index (χ4n) is 5.19. The van der Waals surface area contributed by atoms with Crippen molar-refractivity contribution in [1.29, 1.82) is 0 Å². The number of rotatable bonds is 7. The summed E-state index contributed by atoms with van der Waals surface area (Å²) < 4.78 is 10.4. The fourth-order valence-corrected chi connectivity index (χ4v) is 5.19. The van der Waals surface area contributed by atoms with Crippen LogP contribution in [0.3, 0.4) is 0 Å². The van der Waals surface area contributed by atoms with Crippen LogP contribution in [0.2, 0.25) is 0 Å². The highest BCUT2D eigenvalue weighted by Crippen LogP contribution is 2.33. The summed E-state index contributed by atoms with van der Waals surface area (Å²) in [6, 6.07) is 12.4. The molecule has 2 aromatic rings. The van der Waals surface area contributed by atoms with Crippen molar-refractivity contribution in [2.75, 3.05) is 84.1 Å². The van der Waals surface area contributed by atoms with E-state index in [1.165, 1.54) is 31.7 Å². The van der Waals surface area contributed by atoms with Crippen LogP contribution in [0.1, 0.15) is 25.7 Å². The molecule has 0 bridgehead atoms. The Kier molecular flexibility index (Phi) is 10.4. The van der Waals surface area contributed by atoms with Gasteiger partial charge in [0.05, 0.1) is 24.8 Å². The van der Waals surface area contributed by atoms with Gasteiger partial charge in [0.1, 0.15) is 5.75 Å². The standard InChI is InChI=1S/C14H21N3O3.C14H23N3O/c1-15(2)11-6-8-16(9-7-11)12-4-5-13(17(18)19)14(10-12)20-3;1-16(2)11-6-8-17(9-7-11)12-4-5-13(15)14(10-12)18-3/h4-5,10-11H,6-9H2,1-3H3;4-5,10-11H,6-9,15H2,1-3H3. The molecule has 0 atom stereocenters. The van der Waals surface area contributed by atoms with E-state index in [4.69, 9.17) is 15.2 Å². The lowest BCUT2D eigenvalue weighted by atomic mass is 10.0. The van der Waals surface area contributed by atoms with Gasteiger partial charge in [-0.3, -0.25) is 10.1 Å². The molecule has 210 valence electrons. The van der Waals surface area contributed by atoms with Crippen molar-refractivity contribution in [3.8, 4) is 11.5 Å². The van der Waals surface area contributed by atoms with Crippen LogP contribution in [0.15, 0.2) is 36.4 Å². The van der Waals surface area contributed by atoms with E-state index in [2.05, 4.69) is 53.9 Å². The van der Waals surface area contributed by atoms with E-state index in [1.807, 2.05) is 12.1 Å². The second-order valence-corrected chi connectivity index (χ2v) is 10.4. The zero-order chi connectivity index (χ0) is 27.8. The van der Waals surface area contributed by atoms with Crippen molar-refractivity contribution in [3.05, 3.63) is 46.5 Å². The molecule has 0 aromatic heterocycles. The summed E-state index contributed by atoms with van der Waals surface area (Å²) >= 11 is 0. The molecule has 2 aromatic carbocycles. The van der Waals surface area contributed by atoms with Crippen LogP contribution in [0.25, 0.3) is 0 Å². The summed E-state index contributed by atoms with van der Waals surface area (Å²) in [5, 5.41) is 10.9. The van der Waals surface area contributed by atoms with Gasteiger partial charge in [-0.1, -0.05) is 0 Å². The second kappa shape index (κ2) is 13.5. The Morgan fingerprint density at radius 2 is 1.21 bits per heavy atom. The number of nitrogens with two attached hydrogens (primary N) is 1. The summed E-state index contributed by atoms with van der Waals surface area (Å²) in [7, 11) is 11.7. The van der Waals surface area contributed by atoms with Crippen LogP contribution in [-0.4, -0.2) is 95.4 Å². The molecule has 2 N–H and O–H groups in total. The number of anilines is 3. The monoisotopic (exact) mass is 528 g/mol. The third-order valence-electron chi connectivity index (χ3n) is 7.70. The van der Waals surface area contributed by atoms with E-state index in [0.717, 1.165) is 50.5 Å². The van der Waals surface area contributed by atoms with Crippen LogP contribution in [0.5, 0.6) is 11.5 Å². The number of nitro groups is 1. The number of benzene rings is 2. The molecule has 10 nitrogen and oxygen atoms in total. The van der Waals surface area contributed by atoms with Crippen LogP contribution in [-0.2, 0) is 0 Å². The Hall–Kier alpha value is -3.24. The Morgan fingerprint density at radius 1 is 0.789 bits per heavy atom. The average molecular weight is 529 g/mol.